The molecule has 3 aromatic rings. The van der Waals surface area contributed by atoms with Gasteiger partial charge in [0.2, 0.25) is 0 Å². The van der Waals surface area contributed by atoms with Crippen LogP contribution >= 0.6 is 0 Å². The van der Waals surface area contributed by atoms with Gasteiger partial charge in [-0.05, 0) is 49.3 Å². The Morgan fingerprint density at radius 3 is 2.38 bits per heavy atom. The molecule has 13 nitrogen and oxygen atoms in total. The lowest BCUT2D eigenvalue weighted by Gasteiger charge is -2.35. The van der Waals surface area contributed by atoms with Crippen LogP contribution < -0.4 is 10.6 Å². The summed E-state index contributed by atoms with van der Waals surface area (Å²) in [5.41, 5.74) is 0.198. The lowest BCUT2D eigenvalue weighted by atomic mass is 9.57. The van der Waals surface area contributed by atoms with Crippen molar-refractivity contribution in [3.05, 3.63) is 41.6 Å². The van der Waals surface area contributed by atoms with Gasteiger partial charge in [0, 0.05) is 39.2 Å². The number of aromatic nitrogens is 5. The minimum absolute atomic E-state index is 0.0452. The summed E-state index contributed by atoms with van der Waals surface area (Å²) in [4.78, 5) is 27.3. The molecule has 2 aliphatic rings. The Balaban J connectivity index is 0.000000196. The highest BCUT2D eigenvalue weighted by molar-refractivity contribution is 6.42. The number of alkyl halides is 6. The molecule has 5 rings (SSSR count). The summed E-state index contributed by atoms with van der Waals surface area (Å²) in [6.07, 6.45) is -3.31. The van der Waals surface area contributed by atoms with Crippen LogP contribution in [-0.4, -0.2) is 121 Å². The summed E-state index contributed by atoms with van der Waals surface area (Å²) in [5.74, 6) is 0.168. The van der Waals surface area contributed by atoms with Crippen LogP contribution in [0.15, 0.2) is 29.2 Å². The number of urea groups is 1. The number of hydrogen-bond donors (Lipinski definition) is 2. The summed E-state index contributed by atoms with van der Waals surface area (Å²) in [5, 5.41) is 13.2. The molecular formula is C26H32B2F6N8O5. The van der Waals surface area contributed by atoms with Crippen molar-refractivity contribution in [2.75, 3.05) is 33.9 Å². The quantitative estimate of drug-likeness (QED) is 0.259. The first-order valence-electron chi connectivity index (χ1n) is 14.1. The van der Waals surface area contributed by atoms with E-state index in [2.05, 4.69) is 35.1 Å². The molecule has 3 aromatic heterocycles. The molecule has 1 atom stereocenters. The number of fused-ring (bicyclic) bond motifs is 1. The first kappa shape index (κ1) is 37.6. The van der Waals surface area contributed by atoms with E-state index in [9.17, 15) is 35.9 Å². The highest BCUT2D eigenvalue weighted by Crippen LogP contribution is 2.40. The molecule has 0 spiro atoms. The smallest absolute Gasteiger partial charge is 0.383 e. The van der Waals surface area contributed by atoms with Gasteiger partial charge >= 0.3 is 18.4 Å². The normalized spacial score (nSPS) is 17.8. The van der Waals surface area contributed by atoms with Gasteiger partial charge in [-0.1, -0.05) is 5.16 Å². The number of imidazole rings is 1. The Labute approximate surface area is 267 Å². The van der Waals surface area contributed by atoms with Crippen molar-refractivity contribution in [3.8, 4) is 0 Å². The second kappa shape index (κ2) is 14.9. The molecule has 1 unspecified atom stereocenters. The van der Waals surface area contributed by atoms with Crippen molar-refractivity contribution in [3.63, 3.8) is 0 Å². The van der Waals surface area contributed by atoms with Crippen LogP contribution in [0.25, 0.3) is 5.65 Å². The molecule has 2 N–H and O–H groups in total. The molecule has 3 amide bonds. The molecule has 0 bridgehead atoms. The third kappa shape index (κ3) is 9.59. The monoisotopic (exact) mass is 672 g/mol. The molecule has 21 heteroatoms. The molecule has 1 saturated heterocycles. The highest BCUT2D eigenvalue weighted by atomic mass is 19.4. The second-order valence-corrected chi connectivity index (χ2v) is 11.0. The van der Waals surface area contributed by atoms with E-state index in [1.807, 2.05) is 0 Å². The van der Waals surface area contributed by atoms with Gasteiger partial charge in [-0.3, -0.25) is 4.79 Å². The van der Waals surface area contributed by atoms with Gasteiger partial charge in [0.25, 0.3) is 5.91 Å². The van der Waals surface area contributed by atoms with Crippen LogP contribution in [0.4, 0.5) is 31.1 Å². The van der Waals surface area contributed by atoms with Gasteiger partial charge in [-0.2, -0.15) is 31.4 Å². The van der Waals surface area contributed by atoms with E-state index in [0.717, 1.165) is 26.7 Å². The van der Waals surface area contributed by atoms with Crippen LogP contribution in [-0.2, 0) is 15.9 Å². The zero-order valence-electron chi connectivity index (χ0n) is 25.9. The van der Waals surface area contributed by atoms with Crippen molar-refractivity contribution in [2.24, 2.45) is 0 Å². The third-order valence-electron chi connectivity index (χ3n) is 7.00. The zero-order valence-corrected chi connectivity index (χ0v) is 25.9. The fraction of sp³-hybridized carbons (Fsp3) is 0.615. The third-order valence-corrected chi connectivity index (χ3v) is 7.00. The van der Waals surface area contributed by atoms with Crippen LogP contribution in [0.3, 0.4) is 0 Å². The summed E-state index contributed by atoms with van der Waals surface area (Å²) < 4.78 is 90.8. The van der Waals surface area contributed by atoms with E-state index < -0.39 is 35.4 Å². The van der Waals surface area contributed by atoms with Gasteiger partial charge in [0.15, 0.2) is 16.9 Å². The summed E-state index contributed by atoms with van der Waals surface area (Å²) in [7, 11) is 13.6. The van der Waals surface area contributed by atoms with Crippen LogP contribution in [0.2, 0.25) is 0 Å². The number of carbonyl (C=O) groups excluding carboxylic acids is 2. The standard InChI is InChI=1S/C12H14F3N3O.C7H9B2F3N2O2.C7H9N3O2/c1-11(2,12(13,14)15)19-7-5-9-8-18-10(17-9)4-3-6-16-18;1-16-3-2-14-5(15)13-4(6(14,8)9)7(10,11)12;1-8-7(11)6-5(4-2-3-4)9-12-10-6/h3-4,6,8H,5,7H2,1-2H3;4H,2-3H2,1H3,(H,13,15);4H,2-3H2,1H3,(H,8,11). The summed E-state index contributed by atoms with van der Waals surface area (Å²) >= 11 is 0. The molecule has 4 radical (unpaired) electrons. The maximum atomic E-state index is 12.6. The Morgan fingerprint density at radius 1 is 1.17 bits per heavy atom. The minimum Gasteiger partial charge on any atom is -0.383 e. The van der Waals surface area contributed by atoms with Crippen LogP contribution in [0.1, 0.15) is 54.5 Å². The number of halogens is 6. The first-order valence-corrected chi connectivity index (χ1v) is 14.1. The molecule has 1 aliphatic carbocycles. The first-order chi connectivity index (χ1) is 21.8. The second-order valence-electron chi connectivity index (χ2n) is 11.0. The number of nitrogens with zero attached hydrogens (tertiary/aromatic N) is 6. The molecule has 1 saturated carbocycles. The summed E-state index contributed by atoms with van der Waals surface area (Å²) in [6.45, 7) is 1.92. The topological polar surface area (TPSA) is 149 Å². The zero-order chi connectivity index (χ0) is 35.2. The van der Waals surface area contributed by atoms with Gasteiger partial charge < -0.3 is 25.0 Å². The SMILES string of the molecule is CC(C)(OCCc1cn2ncccc2n1)C(F)(F)F.CNC(=O)c1nonc1C1CC1.[B]C1([B])C(C(F)(F)F)NC(=O)N1CCOC. The van der Waals surface area contributed by atoms with Gasteiger partial charge in [-0.15, -0.1) is 0 Å². The fourth-order valence-corrected chi connectivity index (χ4v) is 4.06. The van der Waals surface area contributed by atoms with Crippen LogP contribution in [0, 0.1) is 0 Å². The van der Waals surface area contributed by atoms with Gasteiger partial charge in [-0.25, -0.2) is 18.9 Å². The maximum absolute atomic E-state index is 12.6. The predicted octanol–water partition coefficient (Wildman–Crippen LogP) is 2.52. The van der Waals surface area contributed by atoms with E-state index in [1.165, 1.54) is 7.11 Å². The van der Waals surface area contributed by atoms with E-state index >= 15 is 0 Å². The largest absolute Gasteiger partial charge is 0.416 e. The van der Waals surface area contributed by atoms with Gasteiger partial charge in [0.05, 0.1) is 40.8 Å². The Morgan fingerprint density at radius 2 is 1.85 bits per heavy atom. The number of hydrogen-bond acceptors (Lipinski definition) is 9. The average Bonchev–Trinajstić information content (AvgIpc) is 3.45. The van der Waals surface area contributed by atoms with E-state index in [-0.39, 0.29) is 25.7 Å². The highest BCUT2D eigenvalue weighted by Gasteiger charge is 2.57. The van der Waals surface area contributed by atoms with Crippen molar-refractivity contribution in [2.45, 2.75) is 68.4 Å². The Kier molecular flexibility index (Phi) is 11.9. The lowest BCUT2D eigenvalue weighted by Crippen LogP contribution is -2.59. The molecule has 4 heterocycles. The Hall–Kier alpha value is -3.87. The molecule has 254 valence electrons. The van der Waals surface area contributed by atoms with Crippen molar-refractivity contribution in [1.82, 2.24) is 40.4 Å². The summed E-state index contributed by atoms with van der Waals surface area (Å²) in [6, 6.07) is 0.278. The van der Waals surface area contributed by atoms with E-state index in [1.54, 1.807) is 41.4 Å². The lowest BCUT2D eigenvalue weighted by molar-refractivity contribution is -0.263. The predicted molar refractivity (Wildman–Crippen MR) is 154 cm³/mol. The number of amides is 3. The molecule has 0 aromatic carbocycles. The number of ether oxygens (including phenoxy) is 2. The van der Waals surface area contributed by atoms with Crippen LogP contribution in [0.5, 0.6) is 0 Å². The number of carbonyl (C=O) groups is 2. The van der Waals surface area contributed by atoms with Crippen molar-refractivity contribution in [1.29, 1.82) is 0 Å². The minimum atomic E-state index is -4.69. The maximum Gasteiger partial charge on any atom is 0.416 e. The van der Waals surface area contributed by atoms with Gasteiger partial charge in [0.1, 0.15) is 11.7 Å². The molecular weight excluding hydrogens is 640 g/mol. The molecule has 1 aliphatic heterocycles. The number of methoxy groups -OCH3 is 1. The van der Waals surface area contributed by atoms with E-state index in [4.69, 9.17) is 20.4 Å². The van der Waals surface area contributed by atoms with E-state index in [0.29, 0.717) is 40.0 Å². The Bertz CT molecular complexity index is 1460. The van der Waals surface area contributed by atoms with Crippen molar-refractivity contribution < 1.29 is 50.0 Å². The average molecular weight is 672 g/mol. The number of nitrogens with one attached hydrogen (secondary N) is 2. The molecule has 2 fully saturated rings. The van der Waals surface area contributed by atoms with Crippen molar-refractivity contribution >= 4 is 33.3 Å². The molecule has 47 heavy (non-hydrogen) atoms. The number of rotatable bonds is 9. The fourth-order valence-electron chi connectivity index (χ4n) is 4.06.